The summed E-state index contributed by atoms with van der Waals surface area (Å²) in [6, 6.07) is 13.7. The van der Waals surface area contributed by atoms with Gasteiger partial charge >= 0.3 is 0 Å². The van der Waals surface area contributed by atoms with Crippen LogP contribution in [-0.2, 0) is 10.2 Å². The van der Waals surface area contributed by atoms with E-state index < -0.39 is 5.41 Å². The number of hydrogen-bond acceptors (Lipinski definition) is 1. The van der Waals surface area contributed by atoms with Crippen molar-refractivity contribution in [1.29, 1.82) is 0 Å². The third-order valence-electron chi connectivity index (χ3n) is 3.66. The fourth-order valence-electron chi connectivity index (χ4n) is 2.36. The first-order valence-electron chi connectivity index (χ1n) is 6.43. The molecule has 1 aliphatic rings. The summed E-state index contributed by atoms with van der Waals surface area (Å²) < 4.78 is 13.9. The van der Waals surface area contributed by atoms with Gasteiger partial charge in [-0.05, 0) is 48.7 Å². The van der Waals surface area contributed by atoms with Crippen molar-refractivity contribution < 1.29 is 9.18 Å². The second kappa shape index (κ2) is 5.02. The quantitative estimate of drug-likeness (QED) is 0.893. The summed E-state index contributed by atoms with van der Waals surface area (Å²) in [5.74, 6) is -0.306. The van der Waals surface area contributed by atoms with Crippen LogP contribution in [0.5, 0.6) is 0 Å². The van der Waals surface area contributed by atoms with Crippen LogP contribution in [0.1, 0.15) is 18.4 Å². The average Bonchev–Trinajstić information content (AvgIpc) is 3.21. The van der Waals surface area contributed by atoms with Gasteiger partial charge in [0, 0.05) is 10.2 Å². The van der Waals surface area contributed by atoms with E-state index in [-0.39, 0.29) is 11.7 Å². The molecule has 4 heteroatoms. The number of carbonyl (C=O) groups is 1. The van der Waals surface area contributed by atoms with Crippen LogP contribution in [0.2, 0.25) is 0 Å². The fraction of sp³-hybridized carbons (Fsp3) is 0.188. The SMILES string of the molecule is O=C(Nc1cccc(Br)c1)C1(c2ccc(F)cc2)CC1. The number of benzene rings is 2. The molecule has 0 aliphatic heterocycles. The molecule has 20 heavy (non-hydrogen) atoms. The van der Waals surface area contributed by atoms with Gasteiger partial charge in [0.15, 0.2) is 0 Å². The Balaban J connectivity index is 1.81. The van der Waals surface area contributed by atoms with Crippen LogP contribution in [0, 0.1) is 5.82 Å². The summed E-state index contributed by atoms with van der Waals surface area (Å²) in [6.07, 6.45) is 1.61. The van der Waals surface area contributed by atoms with Crippen molar-refractivity contribution in [3.05, 3.63) is 64.4 Å². The Labute approximate surface area is 125 Å². The molecule has 1 N–H and O–H groups in total. The minimum absolute atomic E-state index is 0.0257. The second-order valence-electron chi connectivity index (χ2n) is 5.05. The van der Waals surface area contributed by atoms with Crippen molar-refractivity contribution in [2.24, 2.45) is 0 Å². The Kier molecular flexibility index (Phi) is 3.34. The van der Waals surface area contributed by atoms with E-state index in [1.165, 1.54) is 12.1 Å². The van der Waals surface area contributed by atoms with Gasteiger partial charge in [-0.25, -0.2) is 4.39 Å². The van der Waals surface area contributed by atoms with E-state index in [0.29, 0.717) is 0 Å². The van der Waals surface area contributed by atoms with E-state index in [2.05, 4.69) is 21.2 Å². The molecule has 0 unspecified atom stereocenters. The first-order chi connectivity index (χ1) is 9.60. The molecular weight excluding hydrogens is 321 g/mol. The fourth-order valence-corrected chi connectivity index (χ4v) is 2.76. The average molecular weight is 334 g/mol. The highest BCUT2D eigenvalue weighted by Crippen LogP contribution is 2.49. The topological polar surface area (TPSA) is 29.1 Å². The molecule has 1 saturated carbocycles. The van der Waals surface area contributed by atoms with Gasteiger partial charge in [-0.3, -0.25) is 4.79 Å². The number of amides is 1. The zero-order valence-corrected chi connectivity index (χ0v) is 12.3. The van der Waals surface area contributed by atoms with Gasteiger partial charge in [0.05, 0.1) is 5.41 Å². The maximum Gasteiger partial charge on any atom is 0.235 e. The largest absolute Gasteiger partial charge is 0.325 e. The Bertz CT molecular complexity index is 650. The van der Waals surface area contributed by atoms with E-state index in [4.69, 9.17) is 0 Å². The van der Waals surface area contributed by atoms with Crippen LogP contribution < -0.4 is 5.32 Å². The Morgan fingerprint density at radius 1 is 1.15 bits per heavy atom. The van der Waals surface area contributed by atoms with E-state index in [1.807, 2.05) is 24.3 Å². The highest BCUT2D eigenvalue weighted by molar-refractivity contribution is 9.10. The summed E-state index contributed by atoms with van der Waals surface area (Å²) in [5, 5.41) is 2.94. The summed E-state index contributed by atoms with van der Waals surface area (Å²) in [7, 11) is 0. The zero-order valence-electron chi connectivity index (χ0n) is 10.7. The number of hydrogen-bond donors (Lipinski definition) is 1. The van der Waals surface area contributed by atoms with E-state index in [9.17, 15) is 9.18 Å². The first-order valence-corrected chi connectivity index (χ1v) is 7.22. The van der Waals surface area contributed by atoms with Gasteiger partial charge in [-0.15, -0.1) is 0 Å². The van der Waals surface area contributed by atoms with Crippen LogP contribution in [0.3, 0.4) is 0 Å². The number of anilines is 1. The molecule has 0 radical (unpaired) electrons. The van der Waals surface area contributed by atoms with Gasteiger partial charge in [-0.2, -0.15) is 0 Å². The normalized spacial score (nSPS) is 15.7. The van der Waals surface area contributed by atoms with Gasteiger partial charge in [0.1, 0.15) is 5.82 Å². The van der Waals surface area contributed by atoms with Crippen molar-refractivity contribution >= 4 is 27.5 Å². The van der Waals surface area contributed by atoms with Gasteiger partial charge in [0.25, 0.3) is 0 Å². The lowest BCUT2D eigenvalue weighted by Crippen LogP contribution is -2.27. The van der Waals surface area contributed by atoms with Gasteiger partial charge < -0.3 is 5.32 Å². The molecule has 2 nitrogen and oxygen atoms in total. The molecule has 1 aliphatic carbocycles. The molecule has 102 valence electrons. The molecule has 0 bridgehead atoms. The van der Waals surface area contributed by atoms with Crippen LogP contribution in [0.25, 0.3) is 0 Å². The molecule has 0 atom stereocenters. The second-order valence-corrected chi connectivity index (χ2v) is 5.97. The predicted octanol–water partition coefficient (Wildman–Crippen LogP) is 4.26. The van der Waals surface area contributed by atoms with Crippen LogP contribution in [0.4, 0.5) is 10.1 Å². The number of halogens is 2. The minimum Gasteiger partial charge on any atom is -0.325 e. The van der Waals surface area contributed by atoms with E-state index in [1.54, 1.807) is 12.1 Å². The van der Waals surface area contributed by atoms with Crippen molar-refractivity contribution in [3.63, 3.8) is 0 Å². The Morgan fingerprint density at radius 2 is 1.85 bits per heavy atom. The summed E-state index contributed by atoms with van der Waals surface area (Å²) in [5.41, 5.74) is 1.15. The Morgan fingerprint density at radius 3 is 2.45 bits per heavy atom. The molecule has 2 aromatic carbocycles. The van der Waals surface area contributed by atoms with E-state index >= 15 is 0 Å². The molecule has 0 aromatic heterocycles. The third-order valence-corrected chi connectivity index (χ3v) is 4.16. The van der Waals surface area contributed by atoms with Crippen LogP contribution in [0.15, 0.2) is 53.0 Å². The maximum absolute atomic E-state index is 13.0. The Hall–Kier alpha value is -1.68. The molecule has 3 rings (SSSR count). The van der Waals surface area contributed by atoms with Crippen molar-refractivity contribution in [2.45, 2.75) is 18.3 Å². The third kappa shape index (κ3) is 2.48. The monoisotopic (exact) mass is 333 g/mol. The van der Waals surface area contributed by atoms with Crippen molar-refractivity contribution in [1.82, 2.24) is 0 Å². The summed E-state index contributed by atoms with van der Waals surface area (Å²) in [6.45, 7) is 0. The lowest BCUT2D eigenvalue weighted by Gasteiger charge is -2.16. The highest BCUT2D eigenvalue weighted by atomic mass is 79.9. The van der Waals surface area contributed by atoms with Crippen molar-refractivity contribution in [2.75, 3.05) is 5.32 Å². The molecule has 0 heterocycles. The summed E-state index contributed by atoms with van der Waals surface area (Å²) >= 11 is 3.38. The minimum atomic E-state index is -0.490. The molecule has 1 amide bonds. The number of carbonyl (C=O) groups excluding carboxylic acids is 1. The van der Waals surface area contributed by atoms with Gasteiger partial charge in [-0.1, -0.05) is 34.1 Å². The molecule has 2 aromatic rings. The standard InChI is InChI=1S/C16H13BrFNO/c17-12-2-1-3-14(10-12)19-15(20)16(8-9-16)11-4-6-13(18)7-5-11/h1-7,10H,8-9H2,(H,19,20). The number of rotatable bonds is 3. The predicted molar refractivity (Wildman–Crippen MR) is 80.1 cm³/mol. The molecule has 0 saturated heterocycles. The lowest BCUT2D eigenvalue weighted by atomic mass is 9.95. The number of nitrogens with one attached hydrogen (secondary N) is 1. The summed E-state index contributed by atoms with van der Waals surface area (Å²) in [4.78, 5) is 12.5. The molecular formula is C16H13BrFNO. The lowest BCUT2D eigenvalue weighted by molar-refractivity contribution is -0.118. The van der Waals surface area contributed by atoms with Gasteiger partial charge in [0.2, 0.25) is 5.91 Å². The van der Waals surface area contributed by atoms with Crippen molar-refractivity contribution in [3.8, 4) is 0 Å². The van der Waals surface area contributed by atoms with Crippen LogP contribution in [-0.4, -0.2) is 5.91 Å². The zero-order chi connectivity index (χ0) is 14.2. The van der Waals surface area contributed by atoms with E-state index in [0.717, 1.165) is 28.6 Å². The molecule has 0 spiro atoms. The maximum atomic E-state index is 13.0. The first kappa shape index (κ1) is 13.3. The van der Waals surface area contributed by atoms with Crippen LogP contribution >= 0.6 is 15.9 Å². The molecule has 1 fully saturated rings. The smallest absolute Gasteiger partial charge is 0.235 e. The highest BCUT2D eigenvalue weighted by Gasteiger charge is 2.51.